The molecule has 2 aliphatic rings. The average molecular weight is 254 g/mol. The van der Waals surface area contributed by atoms with E-state index in [-0.39, 0.29) is 6.09 Å². The number of carbonyl (C=O) groups excluding carboxylic acids is 1. The van der Waals surface area contributed by atoms with Crippen molar-refractivity contribution < 1.29 is 9.53 Å². The van der Waals surface area contributed by atoms with Crippen molar-refractivity contribution >= 4 is 6.09 Å². The van der Waals surface area contributed by atoms with E-state index < -0.39 is 5.60 Å². The van der Waals surface area contributed by atoms with Crippen molar-refractivity contribution in [2.75, 3.05) is 0 Å². The van der Waals surface area contributed by atoms with Gasteiger partial charge < -0.3 is 15.4 Å². The molecule has 0 atom stereocenters. The lowest BCUT2D eigenvalue weighted by Crippen LogP contribution is -2.47. The van der Waals surface area contributed by atoms with Gasteiger partial charge in [-0.1, -0.05) is 0 Å². The summed E-state index contributed by atoms with van der Waals surface area (Å²) in [6, 6.07) is 1.08. The van der Waals surface area contributed by atoms with E-state index in [0.717, 1.165) is 38.5 Å². The van der Waals surface area contributed by atoms with Crippen LogP contribution in [0.2, 0.25) is 0 Å². The number of rotatable bonds is 2. The lowest BCUT2D eigenvalue weighted by Gasteiger charge is -2.37. The summed E-state index contributed by atoms with van der Waals surface area (Å²) in [5.74, 6) is 0. The third-order valence-electron chi connectivity index (χ3n) is 3.68. The number of nitrogens with two attached hydrogens (primary N) is 1. The van der Waals surface area contributed by atoms with E-state index in [1.165, 1.54) is 0 Å². The van der Waals surface area contributed by atoms with Gasteiger partial charge in [-0.25, -0.2) is 4.79 Å². The Bertz CT molecular complexity index is 299. The molecule has 0 bridgehead atoms. The van der Waals surface area contributed by atoms with Crippen LogP contribution in [-0.2, 0) is 4.74 Å². The van der Waals surface area contributed by atoms with Gasteiger partial charge in [-0.05, 0) is 59.3 Å². The molecule has 2 aliphatic carbocycles. The second-order valence-electron chi connectivity index (χ2n) is 6.69. The van der Waals surface area contributed by atoms with Crippen molar-refractivity contribution in [1.82, 2.24) is 4.90 Å². The molecule has 2 N–H and O–H groups in total. The number of hydrogen-bond acceptors (Lipinski definition) is 3. The predicted molar refractivity (Wildman–Crippen MR) is 71.3 cm³/mol. The highest BCUT2D eigenvalue weighted by atomic mass is 16.6. The van der Waals surface area contributed by atoms with Crippen LogP contribution in [0.3, 0.4) is 0 Å². The lowest BCUT2D eigenvalue weighted by molar-refractivity contribution is 0.00932. The van der Waals surface area contributed by atoms with Crippen molar-refractivity contribution in [3.8, 4) is 0 Å². The molecule has 4 heteroatoms. The number of carbonyl (C=O) groups is 1. The first-order valence-corrected chi connectivity index (χ1v) is 7.14. The normalized spacial score (nSPS) is 28.9. The summed E-state index contributed by atoms with van der Waals surface area (Å²) < 4.78 is 5.54. The molecule has 18 heavy (non-hydrogen) atoms. The molecule has 0 unspecified atom stereocenters. The summed E-state index contributed by atoms with van der Waals surface area (Å²) in [7, 11) is 0. The van der Waals surface area contributed by atoms with Gasteiger partial charge in [-0.2, -0.15) is 0 Å². The average Bonchev–Trinajstić information content (AvgIpc) is 3.03. The molecule has 0 radical (unpaired) electrons. The smallest absolute Gasteiger partial charge is 0.410 e. The van der Waals surface area contributed by atoms with E-state index in [4.69, 9.17) is 10.5 Å². The maximum absolute atomic E-state index is 12.3. The second kappa shape index (κ2) is 5.08. The SMILES string of the molecule is CC(C)(C)OC(=O)N(C1CCC(N)CC1)C1CC1. The van der Waals surface area contributed by atoms with E-state index in [0.29, 0.717) is 18.1 Å². The zero-order valence-electron chi connectivity index (χ0n) is 11.8. The molecule has 0 spiro atoms. The quantitative estimate of drug-likeness (QED) is 0.824. The Morgan fingerprint density at radius 2 is 1.50 bits per heavy atom. The Labute approximate surface area is 110 Å². The summed E-state index contributed by atoms with van der Waals surface area (Å²) in [6.45, 7) is 5.77. The Morgan fingerprint density at radius 1 is 1.06 bits per heavy atom. The third-order valence-corrected chi connectivity index (χ3v) is 3.68. The lowest BCUT2D eigenvalue weighted by atomic mass is 9.91. The van der Waals surface area contributed by atoms with Crippen molar-refractivity contribution in [2.24, 2.45) is 5.73 Å². The van der Waals surface area contributed by atoms with Crippen LogP contribution < -0.4 is 5.73 Å². The molecule has 0 heterocycles. The summed E-state index contributed by atoms with van der Waals surface area (Å²) in [4.78, 5) is 14.3. The van der Waals surface area contributed by atoms with Crippen LogP contribution in [0, 0.1) is 0 Å². The Kier molecular flexibility index (Phi) is 3.85. The van der Waals surface area contributed by atoms with Gasteiger partial charge in [-0.3, -0.25) is 0 Å². The minimum atomic E-state index is -0.407. The van der Waals surface area contributed by atoms with Crippen LogP contribution >= 0.6 is 0 Å². The molecule has 0 aliphatic heterocycles. The molecule has 2 rings (SSSR count). The van der Waals surface area contributed by atoms with Gasteiger partial charge in [0.15, 0.2) is 0 Å². The minimum Gasteiger partial charge on any atom is -0.444 e. The topological polar surface area (TPSA) is 55.6 Å². The fraction of sp³-hybridized carbons (Fsp3) is 0.929. The first-order valence-electron chi connectivity index (χ1n) is 7.14. The molecular formula is C14H26N2O2. The molecule has 0 aromatic heterocycles. The standard InChI is InChI=1S/C14H26N2O2/c1-14(2,3)18-13(17)16(12-8-9-12)11-6-4-10(15)5-7-11/h10-12H,4-9,15H2,1-3H3. The molecule has 1 amide bonds. The summed E-state index contributed by atoms with van der Waals surface area (Å²) >= 11 is 0. The van der Waals surface area contributed by atoms with Gasteiger partial charge in [-0.15, -0.1) is 0 Å². The molecule has 0 aromatic rings. The molecule has 2 fully saturated rings. The zero-order chi connectivity index (χ0) is 13.3. The maximum Gasteiger partial charge on any atom is 0.410 e. The van der Waals surface area contributed by atoms with Crippen LogP contribution in [0.25, 0.3) is 0 Å². The van der Waals surface area contributed by atoms with Gasteiger partial charge in [0.1, 0.15) is 5.60 Å². The van der Waals surface area contributed by atoms with Crippen LogP contribution in [0.5, 0.6) is 0 Å². The van der Waals surface area contributed by atoms with E-state index in [9.17, 15) is 4.79 Å². The summed E-state index contributed by atoms with van der Waals surface area (Å²) in [6.07, 6.45) is 6.22. The number of ether oxygens (including phenoxy) is 1. The van der Waals surface area contributed by atoms with Crippen LogP contribution in [0.15, 0.2) is 0 Å². The summed E-state index contributed by atoms with van der Waals surface area (Å²) in [5, 5.41) is 0. The number of hydrogen-bond donors (Lipinski definition) is 1. The highest BCUT2D eigenvalue weighted by molar-refractivity contribution is 5.69. The van der Waals surface area contributed by atoms with Gasteiger partial charge in [0.2, 0.25) is 0 Å². The van der Waals surface area contributed by atoms with Gasteiger partial charge in [0.25, 0.3) is 0 Å². The Morgan fingerprint density at radius 3 is 1.89 bits per heavy atom. The molecule has 4 nitrogen and oxygen atoms in total. The van der Waals surface area contributed by atoms with Gasteiger partial charge in [0.05, 0.1) is 0 Å². The van der Waals surface area contributed by atoms with E-state index >= 15 is 0 Å². The highest BCUT2D eigenvalue weighted by Gasteiger charge is 2.40. The highest BCUT2D eigenvalue weighted by Crippen LogP contribution is 2.34. The second-order valence-corrected chi connectivity index (χ2v) is 6.69. The molecule has 2 saturated carbocycles. The van der Waals surface area contributed by atoms with Gasteiger partial charge in [0, 0.05) is 18.1 Å². The first kappa shape index (κ1) is 13.7. The van der Waals surface area contributed by atoms with E-state index in [1.54, 1.807) is 0 Å². The number of amides is 1. The molecule has 0 aromatic carbocycles. The van der Waals surface area contributed by atoms with E-state index in [1.807, 2.05) is 25.7 Å². The molecular weight excluding hydrogens is 228 g/mol. The van der Waals surface area contributed by atoms with Crippen LogP contribution in [0.4, 0.5) is 4.79 Å². The van der Waals surface area contributed by atoms with Gasteiger partial charge >= 0.3 is 6.09 Å². The predicted octanol–water partition coefficient (Wildman–Crippen LogP) is 2.66. The van der Waals surface area contributed by atoms with Crippen LogP contribution in [-0.4, -0.2) is 34.7 Å². The first-order chi connectivity index (χ1) is 8.37. The minimum absolute atomic E-state index is 0.134. The largest absolute Gasteiger partial charge is 0.444 e. The van der Waals surface area contributed by atoms with E-state index in [2.05, 4.69) is 0 Å². The third kappa shape index (κ3) is 3.61. The maximum atomic E-state index is 12.3. The van der Waals surface area contributed by atoms with Crippen molar-refractivity contribution in [3.05, 3.63) is 0 Å². The zero-order valence-corrected chi connectivity index (χ0v) is 11.8. The van der Waals surface area contributed by atoms with Crippen molar-refractivity contribution in [2.45, 2.75) is 83.0 Å². The monoisotopic (exact) mass is 254 g/mol. The Balaban J connectivity index is 1.97. The molecule has 104 valence electrons. The Hall–Kier alpha value is -0.770. The van der Waals surface area contributed by atoms with Crippen molar-refractivity contribution in [3.63, 3.8) is 0 Å². The summed E-state index contributed by atoms with van der Waals surface area (Å²) in [5.41, 5.74) is 5.52. The number of nitrogens with zero attached hydrogens (tertiary/aromatic N) is 1. The molecule has 0 saturated heterocycles. The van der Waals surface area contributed by atoms with Crippen molar-refractivity contribution in [1.29, 1.82) is 0 Å². The fourth-order valence-corrected chi connectivity index (χ4v) is 2.64. The fourth-order valence-electron chi connectivity index (χ4n) is 2.64. The van der Waals surface area contributed by atoms with Crippen LogP contribution in [0.1, 0.15) is 59.3 Å².